The van der Waals surface area contributed by atoms with Gasteiger partial charge in [-0.25, -0.2) is 9.36 Å². The molecule has 0 saturated carbocycles. The second-order valence-corrected chi connectivity index (χ2v) is 12.1. The summed E-state index contributed by atoms with van der Waals surface area (Å²) in [6.45, 7) is 1.26. The van der Waals surface area contributed by atoms with Gasteiger partial charge in [-0.2, -0.15) is 0 Å². The van der Waals surface area contributed by atoms with Crippen molar-refractivity contribution in [2.24, 2.45) is 0 Å². The molecule has 1 atom stereocenters. The molecular weight excluding hydrogens is 601 g/mol. The molecule has 0 radical (unpaired) electrons. The van der Waals surface area contributed by atoms with Gasteiger partial charge in [0.2, 0.25) is 5.91 Å². The van der Waals surface area contributed by atoms with Crippen molar-refractivity contribution < 1.29 is 32.8 Å². The zero-order valence-corrected chi connectivity index (χ0v) is 26.0. The molecule has 46 heavy (non-hydrogen) atoms. The van der Waals surface area contributed by atoms with Crippen molar-refractivity contribution in [2.75, 3.05) is 0 Å². The lowest BCUT2D eigenvalue weighted by Crippen LogP contribution is -2.41. The second kappa shape index (κ2) is 15.3. The molecule has 9 heteroatoms. The van der Waals surface area contributed by atoms with Gasteiger partial charge in [-0.05, 0) is 39.9 Å². The standard InChI is InChI=1S/C37H34NO7P/c1-27(39)38-34(37(40)41)26-28-22-24-33(25-23-28)43-46(42,44-35(29-14-6-2-7-15-29)30-16-8-3-9-17-30)45-36(31-18-10-4-11-19-31)32-20-12-5-13-21-32/h2-25,34-36H,26H2,1H3,(H,38,39)(H,40,41)/t34-/m0/s1. The summed E-state index contributed by atoms with van der Waals surface area (Å²) >= 11 is 0. The molecule has 0 spiro atoms. The van der Waals surface area contributed by atoms with Gasteiger partial charge in [0.05, 0.1) is 0 Å². The predicted octanol–water partition coefficient (Wildman–Crippen LogP) is 7.92. The van der Waals surface area contributed by atoms with Crippen LogP contribution in [-0.2, 0) is 29.6 Å². The molecule has 1 amide bonds. The van der Waals surface area contributed by atoms with E-state index in [-0.39, 0.29) is 12.2 Å². The molecule has 0 aromatic heterocycles. The molecule has 0 unspecified atom stereocenters. The number of rotatable bonds is 14. The molecule has 2 N–H and O–H groups in total. The van der Waals surface area contributed by atoms with E-state index >= 15 is 0 Å². The Morgan fingerprint density at radius 1 is 0.630 bits per heavy atom. The fraction of sp³-hybridized carbons (Fsp3) is 0.135. The Morgan fingerprint density at radius 2 is 1.00 bits per heavy atom. The first-order valence-electron chi connectivity index (χ1n) is 14.7. The molecule has 234 valence electrons. The van der Waals surface area contributed by atoms with Crippen LogP contribution in [0.2, 0.25) is 0 Å². The number of carboxylic acid groups (broad SMARTS) is 1. The van der Waals surface area contributed by atoms with Crippen LogP contribution in [0, 0.1) is 0 Å². The fourth-order valence-corrected chi connectivity index (χ4v) is 6.48. The van der Waals surface area contributed by atoms with E-state index in [2.05, 4.69) is 5.32 Å². The van der Waals surface area contributed by atoms with Gasteiger partial charge in [-0.3, -0.25) is 13.8 Å². The summed E-state index contributed by atoms with van der Waals surface area (Å²) in [6.07, 6.45) is -1.55. The first-order chi connectivity index (χ1) is 22.3. The maximum absolute atomic E-state index is 15.0. The molecule has 0 heterocycles. The third kappa shape index (κ3) is 8.79. The molecule has 0 saturated heterocycles. The van der Waals surface area contributed by atoms with Crippen molar-refractivity contribution >= 4 is 19.7 Å². The molecule has 5 rings (SSSR count). The molecule has 0 bridgehead atoms. The molecule has 0 aliphatic rings. The van der Waals surface area contributed by atoms with Gasteiger partial charge in [-0.15, -0.1) is 0 Å². The highest BCUT2D eigenvalue weighted by Gasteiger charge is 2.38. The van der Waals surface area contributed by atoms with Crippen molar-refractivity contribution in [3.05, 3.63) is 173 Å². The Balaban J connectivity index is 1.52. The zero-order chi connectivity index (χ0) is 32.4. The largest absolute Gasteiger partial charge is 0.531 e. The van der Waals surface area contributed by atoms with Crippen LogP contribution in [0.3, 0.4) is 0 Å². The molecule has 0 aliphatic carbocycles. The van der Waals surface area contributed by atoms with E-state index in [4.69, 9.17) is 13.6 Å². The molecular formula is C37H34NO7P. The quantitative estimate of drug-likeness (QED) is 0.119. The summed E-state index contributed by atoms with van der Waals surface area (Å²) in [6, 6.07) is 43.0. The van der Waals surface area contributed by atoms with Crippen molar-refractivity contribution in [1.82, 2.24) is 5.32 Å². The Kier molecular flexibility index (Phi) is 10.8. The summed E-state index contributed by atoms with van der Waals surface area (Å²) < 4.78 is 34.0. The van der Waals surface area contributed by atoms with Crippen LogP contribution >= 0.6 is 7.82 Å². The van der Waals surface area contributed by atoms with Gasteiger partial charge in [0.15, 0.2) is 0 Å². The van der Waals surface area contributed by atoms with Crippen molar-refractivity contribution in [3.63, 3.8) is 0 Å². The Labute approximate surface area is 268 Å². The van der Waals surface area contributed by atoms with Gasteiger partial charge in [0.1, 0.15) is 24.0 Å². The van der Waals surface area contributed by atoms with E-state index in [9.17, 15) is 19.3 Å². The van der Waals surface area contributed by atoms with Crippen LogP contribution in [0.25, 0.3) is 0 Å². The van der Waals surface area contributed by atoms with Gasteiger partial charge in [-0.1, -0.05) is 133 Å². The average molecular weight is 636 g/mol. The van der Waals surface area contributed by atoms with Gasteiger partial charge < -0.3 is 14.9 Å². The third-order valence-corrected chi connectivity index (χ3v) is 8.51. The number of phosphoric acid groups is 1. The molecule has 0 aliphatic heterocycles. The summed E-state index contributed by atoms with van der Waals surface area (Å²) in [7, 11) is -4.44. The van der Waals surface area contributed by atoms with E-state index in [0.29, 0.717) is 5.56 Å². The summed E-state index contributed by atoms with van der Waals surface area (Å²) in [5, 5.41) is 12.0. The number of carbonyl (C=O) groups is 2. The van der Waals surface area contributed by atoms with E-state index in [1.54, 1.807) is 24.3 Å². The van der Waals surface area contributed by atoms with Gasteiger partial charge in [0, 0.05) is 13.3 Å². The maximum Gasteiger partial charge on any atom is 0.531 e. The van der Waals surface area contributed by atoms with Gasteiger partial charge >= 0.3 is 13.8 Å². The fourth-order valence-electron chi connectivity index (χ4n) is 4.96. The van der Waals surface area contributed by atoms with E-state index in [0.717, 1.165) is 22.3 Å². The minimum Gasteiger partial charge on any atom is -0.480 e. The first kappa shape index (κ1) is 32.4. The number of amides is 1. The second-order valence-electron chi connectivity index (χ2n) is 10.6. The number of carboxylic acids is 1. The highest BCUT2D eigenvalue weighted by molar-refractivity contribution is 7.49. The minimum absolute atomic E-state index is 0.0496. The number of phosphoric ester groups is 1. The molecule has 8 nitrogen and oxygen atoms in total. The zero-order valence-electron chi connectivity index (χ0n) is 25.1. The molecule has 5 aromatic carbocycles. The lowest BCUT2D eigenvalue weighted by molar-refractivity contribution is -0.141. The molecule has 0 fully saturated rings. The number of hydrogen-bond donors (Lipinski definition) is 2. The molecule has 5 aromatic rings. The summed E-state index contributed by atoms with van der Waals surface area (Å²) in [4.78, 5) is 23.2. The smallest absolute Gasteiger partial charge is 0.480 e. The number of benzene rings is 5. The monoisotopic (exact) mass is 635 g/mol. The highest BCUT2D eigenvalue weighted by atomic mass is 31.2. The van der Waals surface area contributed by atoms with Crippen molar-refractivity contribution in [1.29, 1.82) is 0 Å². The summed E-state index contributed by atoms with van der Waals surface area (Å²) in [5.74, 6) is -1.40. The number of carbonyl (C=O) groups excluding carboxylic acids is 1. The van der Waals surface area contributed by atoms with Crippen LogP contribution in [0.5, 0.6) is 5.75 Å². The lowest BCUT2D eigenvalue weighted by atomic mass is 10.0. The van der Waals surface area contributed by atoms with Crippen molar-refractivity contribution in [3.8, 4) is 5.75 Å². The lowest BCUT2D eigenvalue weighted by Gasteiger charge is -2.28. The SMILES string of the molecule is CC(=O)N[C@@H](Cc1ccc(OP(=O)(OC(c2ccccc2)c2ccccc2)OC(c2ccccc2)c2ccccc2)cc1)C(=O)O. The number of hydrogen-bond acceptors (Lipinski definition) is 6. The van der Waals surface area contributed by atoms with E-state index < -0.39 is 37.9 Å². The van der Waals surface area contributed by atoms with Crippen LogP contribution in [0.15, 0.2) is 146 Å². The number of aliphatic carboxylic acids is 1. The van der Waals surface area contributed by atoms with Crippen molar-refractivity contribution in [2.45, 2.75) is 31.6 Å². The van der Waals surface area contributed by atoms with Crippen LogP contribution in [-0.4, -0.2) is 23.0 Å². The van der Waals surface area contributed by atoms with Crippen LogP contribution in [0.4, 0.5) is 0 Å². The van der Waals surface area contributed by atoms with Crippen LogP contribution < -0.4 is 9.84 Å². The minimum atomic E-state index is -4.44. The van der Waals surface area contributed by atoms with E-state index in [1.165, 1.54) is 6.92 Å². The maximum atomic E-state index is 15.0. The Hall–Kier alpha value is -5.01. The van der Waals surface area contributed by atoms with Crippen LogP contribution in [0.1, 0.15) is 46.9 Å². The Morgan fingerprint density at radius 3 is 1.33 bits per heavy atom. The van der Waals surface area contributed by atoms with Gasteiger partial charge in [0.25, 0.3) is 0 Å². The first-order valence-corrected chi connectivity index (χ1v) is 16.2. The normalized spacial score (nSPS) is 12.1. The highest BCUT2D eigenvalue weighted by Crippen LogP contribution is 2.58. The third-order valence-electron chi connectivity index (χ3n) is 7.13. The number of nitrogens with one attached hydrogen (secondary N) is 1. The topological polar surface area (TPSA) is 111 Å². The van der Waals surface area contributed by atoms with E-state index in [1.807, 2.05) is 121 Å². The predicted molar refractivity (Wildman–Crippen MR) is 175 cm³/mol. The Bertz CT molecular complexity index is 1580. The summed E-state index contributed by atoms with van der Waals surface area (Å²) in [5.41, 5.74) is 3.65. The average Bonchev–Trinajstić information content (AvgIpc) is 3.08.